The highest BCUT2D eigenvalue weighted by atomic mass is 28.3. The van der Waals surface area contributed by atoms with E-state index in [9.17, 15) is 35.9 Å². The Bertz CT molecular complexity index is 1360. The van der Waals surface area contributed by atoms with Gasteiger partial charge >= 0.3 is 12.4 Å². The Labute approximate surface area is 257 Å². The van der Waals surface area contributed by atoms with E-state index in [1.165, 1.54) is 13.8 Å². The van der Waals surface area contributed by atoms with Crippen molar-refractivity contribution in [2.24, 2.45) is 11.7 Å². The number of alkyl halides is 6. The average molecular weight is 668 g/mol. The lowest BCUT2D eigenvalue weighted by Gasteiger charge is -2.41. The summed E-state index contributed by atoms with van der Waals surface area (Å²) in [6, 6.07) is -0.0440. The maximum atomic E-state index is 14.0. The Kier molecular flexibility index (Phi) is 11.3. The maximum absolute atomic E-state index is 14.0. The van der Waals surface area contributed by atoms with Gasteiger partial charge < -0.3 is 25.4 Å². The van der Waals surface area contributed by atoms with Gasteiger partial charge in [-0.05, 0) is 32.7 Å². The predicted octanol–water partition coefficient (Wildman–Crippen LogP) is 4.36. The molecule has 0 bridgehead atoms. The molecule has 0 aromatic carbocycles. The van der Waals surface area contributed by atoms with E-state index < -0.39 is 73.0 Å². The second kappa shape index (κ2) is 14.0. The van der Waals surface area contributed by atoms with Gasteiger partial charge in [0.25, 0.3) is 5.56 Å². The first-order valence-electron chi connectivity index (χ1n) is 14.3. The minimum absolute atomic E-state index is 0.107. The van der Waals surface area contributed by atoms with E-state index in [0.717, 1.165) is 12.2 Å². The van der Waals surface area contributed by atoms with Crippen LogP contribution in [0.25, 0.3) is 0 Å². The number of carbonyl (C=O) groups excluding carboxylic acids is 1. The monoisotopic (exact) mass is 667 g/mol. The van der Waals surface area contributed by atoms with Gasteiger partial charge in [0.15, 0.2) is 0 Å². The molecule has 2 atom stereocenters. The standard InChI is InChI=1S/C27H39F6N7O4Si/c1-17(38-20-14-37-40(16-43-10-11-45(3,4)5)22(41)21(20)27(31,32)33)15-44-25(2,23(34)42)18-6-8-39(9-7-18)24-35-12-19(13-36-24)26(28,29)30/h12-14,17-18,38H,6-11,15-16H2,1-5H3,(H2,34,42)/t17-,25?/m0/s1. The average Bonchev–Trinajstić information content (AvgIpc) is 2.93. The van der Waals surface area contributed by atoms with Crippen molar-refractivity contribution in [3.63, 3.8) is 0 Å². The molecular weight excluding hydrogens is 628 g/mol. The van der Waals surface area contributed by atoms with Gasteiger partial charge in [-0.2, -0.15) is 31.4 Å². The van der Waals surface area contributed by atoms with Gasteiger partial charge in [-0.3, -0.25) is 9.59 Å². The van der Waals surface area contributed by atoms with E-state index in [0.29, 0.717) is 49.6 Å². The van der Waals surface area contributed by atoms with Crippen LogP contribution in [0.4, 0.5) is 38.0 Å². The summed E-state index contributed by atoms with van der Waals surface area (Å²) in [7, 11) is -1.44. The van der Waals surface area contributed by atoms with Gasteiger partial charge in [-0.25, -0.2) is 14.6 Å². The van der Waals surface area contributed by atoms with Crippen molar-refractivity contribution in [1.29, 1.82) is 0 Å². The van der Waals surface area contributed by atoms with Crippen LogP contribution in [0.5, 0.6) is 0 Å². The number of halogens is 6. The molecule has 1 saturated heterocycles. The Morgan fingerprint density at radius 3 is 2.20 bits per heavy atom. The van der Waals surface area contributed by atoms with Crippen molar-refractivity contribution < 1.29 is 40.6 Å². The van der Waals surface area contributed by atoms with Crippen LogP contribution in [0, 0.1) is 5.92 Å². The first-order valence-corrected chi connectivity index (χ1v) is 18.0. The second-order valence-corrected chi connectivity index (χ2v) is 18.1. The molecular formula is C27H39F6N7O4Si. The van der Waals surface area contributed by atoms with E-state index in [1.54, 1.807) is 4.90 Å². The molecule has 18 heteroatoms. The van der Waals surface area contributed by atoms with Crippen molar-refractivity contribution in [1.82, 2.24) is 19.7 Å². The van der Waals surface area contributed by atoms with Crippen molar-refractivity contribution in [2.45, 2.75) is 83.1 Å². The molecule has 2 aromatic rings. The molecule has 11 nitrogen and oxygen atoms in total. The highest BCUT2D eigenvalue weighted by molar-refractivity contribution is 6.76. The van der Waals surface area contributed by atoms with Crippen molar-refractivity contribution in [3.05, 3.63) is 40.1 Å². The van der Waals surface area contributed by atoms with E-state index in [2.05, 4.69) is 40.0 Å². The lowest BCUT2D eigenvalue weighted by atomic mass is 9.81. The first kappa shape index (κ1) is 36.2. The first-order chi connectivity index (χ1) is 20.7. The Balaban J connectivity index is 1.64. The minimum atomic E-state index is -4.99. The van der Waals surface area contributed by atoms with Crippen LogP contribution >= 0.6 is 0 Å². The van der Waals surface area contributed by atoms with E-state index in [1.807, 2.05) is 0 Å². The number of aromatic nitrogens is 4. The smallest absolute Gasteiger partial charge is 0.378 e. The van der Waals surface area contributed by atoms with Crippen LogP contribution in [0.15, 0.2) is 23.4 Å². The predicted molar refractivity (Wildman–Crippen MR) is 156 cm³/mol. The summed E-state index contributed by atoms with van der Waals surface area (Å²) < 4.78 is 92.3. The quantitative estimate of drug-likeness (QED) is 0.181. The number of amides is 1. The number of primary amides is 1. The fourth-order valence-electron chi connectivity index (χ4n) is 4.75. The summed E-state index contributed by atoms with van der Waals surface area (Å²) in [6.45, 7) is 9.57. The molecule has 1 fully saturated rings. The third-order valence-corrected chi connectivity index (χ3v) is 9.29. The molecule has 1 aliphatic heterocycles. The molecule has 252 valence electrons. The molecule has 1 aliphatic rings. The zero-order chi connectivity index (χ0) is 33.8. The molecule has 45 heavy (non-hydrogen) atoms. The topological polar surface area (TPSA) is 137 Å². The number of nitrogens with two attached hydrogens (primary N) is 1. The summed E-state index contributed by atoms with van der Waals surface area (Å²) in [6.07, 6.45) is -6.55. The maximum Gasteiger partial charge on any atom is 0.423 e. The van der Waals surface area contributed by atoms with Crippen molar-refractivity contribution >= 4 is 25.6 Å². The number of hydrogen-bond acceptors (Lipinski definition) is 9. The van der Waals surface area contributed by atoms with Crippen LogP contribution in [-0.2, 0) is 33.4 Å². The SMILES string of the molecule is C[C@@H](COC(C)(C(N)=O)C1CCN(c2ncc(C(F)(F)F)cn2)CC1)Nc1cnn(COCC[Si](C)(C)C)c(=O)c1C(F)(F)F. The van der Waals surface area contributed by atoms with Gasteiger partial charge in [0.05, 0.1) is 24.1 Å². The van der Waals surface area contributed by atoms with Crippen LogP contribution in [0.3, 0.4) is 0 Å². The molecule has 1 amide bonds. The summed E-state index contributed by atoms with van der Waals surface area (Å²) >= 11 is 0. The number of ether oxygens (including phenoxy) is 2. The van der Waals surface area contributed by atoms with Gasteiger partial charge in [0, 0.05) is 52.1 Å². The third kappa shape index (κ3) is 9.62. The second-order valence-electron chi connectivity index (χ2n) is 12.4. The molecule has 2 aromatic heterocycles. The van der Waals surface area contributed by atoms with Crippen LogP contribution in [-0.4, -0.2) is 71.7 Å². The zero-order valence-electron chi connectivity index (χ0n) is 25.8. The molecule has 1 unspecified atom stereocenters. The third-order valence-electron chi connectivity index (χ3n) is 7.58. The summed E-state index contributed by atoms with van der Waals surface area (Å²) in [5, 5.41) is 6.46. The Morgan fingerprint density at radius 1 is 1.09 bits per heavy atom. The molecule has 0 radical (unpaired) electrons. The van der Waals surface area contributed by atoms with Crippen molar-refractivity contribution in [2.75, 3.05) is 36.5 Å². The molecule has 0 spiro atoms. The highest BCUT2D eigenvalue weighted by Crippen LogP contribution is 2.35. The molecule has 0 saturated carbocycles. The number of piperidine rings is 1. The lowest BCUT2D eigenvalue weighted by molar-refractivity contribution is -0.151. The number of carbonyl (C=O) groups is 1. The highest BCUT2D eigenvalue weighted by Gasteiger charge is 2.43. The Hall–Kier alpha value is -3.25. The fourth-order valence-corrected chi connectivity index (χ4v) is 5.51. The molecule has 3 heterocycles. The van der Waals surface area contributed by atoms with E-state index in [4.69, 9.17) is 15.2 Å². The van der Waals surface area contributed by atoms with Gasteiger partial charge in [0.1, 0.15) is 17.9 Å². The lowest BCUT2D eigenvalue weighted by Crippen LogP contribution is -2.54. The largest absolute Gasteiger partial charge is 0.423 e. The number of rotatable bonds is 13. The van der Waals surface area contributed by atoms with Gasteiger partial charge in [0.2, 0.25) is 11.9 Å². The Morgan fingerprint density at radius 2 is 1.69 bits per heavy atom. The van der Waals surface area contributed by atoms with E-state index >= 15 is 0 Å². The molecule has 0 aliphatic carbocycles. The summed E-state index contributed by atoms with van der Waals surface area (Å²) in [5.41, 5.74) is -0.135. The molecule has 3 N–H and O–H groups in total. The number of nitrogens with one attached hydrogen (secondary N) is 1. The van der Waals surface area contributed by atoms with Gasteiger partial charge in [-0.15, -0.1) is 0 Å². The normalized spacial score (nSPS) is 17.2. The minimum Gasteiger partial charge on any atom is -0.378 e. The fraction of sp³-hybridized carbons (Fsp3) is 0.667. The zero-order valence-corrected chi connectivity index (χ0v) is 26.8. The number of nitrogens with zero attached hydrogens (tertiary/aromatic N) is 5. The molecule has 3 rings (SSSR count). The van der Waals surface area contributed by atoms with Crippen molar-refractivity contribution in [3.8, 4) is 0 Å². The summed E-state index contributed by atoms with van der Waals surface area (Å²) in [4.78, 5) is 34.5. The van der Waals surface area contributed by atoms with Crippen LogP contribution in [0.1, 0.15) is 37.8 Å². The van der Waals surface area contributed by atoms with E-state index in [-0.39, 0.29) is 12.6 Å². The number of anilines is 2. The van der Waals surface area contributed by atoms with Gasteiger partial charge in [-0.1, -0.05) is 19.6 Å². The number of hydrogen-bond donors (Lipinski definition) is 2. The summed E-state index contributed by atoms with van der Waals surface area (Å²) in [5.74, 6) is -1.09. The van der Waals surface area contributed by atoms with Crippen LogP contribution < -0.4 is 21.5 Å². The van der Waals surface area contributed by atoms with Crippen LogP contribution in [0.2, 0.25) is 25.7 Å².